The molecule has 0 heterocycles. The van der Waals surface area contributed by atoms with Crippen molar-refractivity contribution >= 4 is 15.7 Å². The molecule has 102 valence electrons. The van der Waals surface area contributed by atoms with Crippen LogP contribution < -0.4 is 10.5 Å². The zero-order valence-corrected chi connectivity index (χ0v) is 10.5. The normalized spacial score (nSPS) is 11.6. The molecule has 18 heavy (non-hydrogen) atoms. The van der Waals surface area contributed by atoms with E-state index in [1.165, 1.54) is 0 Å². The lowest BCUT2D eigenvalue weighted by Gasteiger charge is -2.10. The summed E-state index contributed by atoms with van der Waals surface area (Å²) in [6.45, 7) is 0.256. The number of aryl methyl sites for hydroxylation is 1. The lowest BCUT2D eigenvalue weighted by atomic mass is 10.1. The van der Waals surface area contributed by atoms with Crippen molar-refractivity contribution < 1.29 is 21.6 Å². The second-order valence-corrected chi connectivity index (χ2v) is 5.54. The van der Waals surface area contributed by atoms with Crippen molar-refractivity contribution in [1.29, 1.82) is 0 Å². The minimum Gasteiger partial charge on any atom is -0.330 e. The minimum atomic E-state index is -3.89. The highest BCUT2D eigenvalue weighted by Crippen LogP contribution is 2.26. The molecule has 1 aromatic rings. The SMILES string of the molecule is CS(=O)(=O)Nc1c(F)cc(CCCN)c(F)c1F. The van der Waals surface area contributed by atoms with Crippen molar-refractivity contribution in [3.8, 4) is 0 Å². The first-order valence-electron chi connectivity index (χ1n) is 5.10. The molecule has 0 aliphatic carbocycles. The van der Waals surface area contributed by atoms with Crippen molar-refractivity contribution in [1.82, 2.24) is 0 Å². The third-order valence-electron chi connectivity index (χ3n) is 2.17. The second kappa shape index (κ2) is 5.57. The first-order chi connectivity index (χ1) is 8.26. The molecule has 3 N–H and O–H groups in total. The zero-order chi connectivity index (χ0) is 13.9. The zero-order valence-electron chi connectivity index (χ0n) is 9.63. The maximum Gasteiger partial charge on any atom is 0.230 e. The van der Waals surface area contributed by atoms with E-state index in [0.29, 0.717) is 12.7 Å². The molecule has 0 saturated heterocycles. The molecule has 0 fully saturated rings. The fourth-order valence-electron chi connectivity index (χ4n) is 1.40. The first kappa shape index (κ1) is 14.8. The summed E-state index contributed by atoms with van der Waals surface area (Å²) in [5, 5.41) is 0. The van der Waals surface area contributed by atoms with Crippen molar-refractivity contribution in [2.45, 2.75) is 12.8 Å². The molecule has 0 spiro atoms. The van der Waals surface area contributed by atoms with Crippen LogP contribution in [0.25, 0.3) is 0 Å². The molecule has 0 aliphatic heterocycles. The van der Waals surface area contributed by atoms with Crippen molar-refractivity contribution in [3.63, 3.8) is 0 Å². The van der Waals surface area contributed by atoms with Crippen molar-refractivity contribution in [3.05, 3.63) is 29.1 Å². The average molecular weight is 282 g/mol. The van der Waals surface area contributed by atoms with E-state index in [2.05, 4.69) is 0 Å². The number of benzene rings is 1. The predicted molar refractivity (Wildman–Crippen MR) is 62.2 cm³/mol. The summed E-state index contributed by atoms with van der Waals surface area (Å²) in [6.07, 6.45) is 1.16. The Hall–Kier alpha value is -1.28. The lowest BCUT2D eigenvalue weighted by molar-refractivity contribution is 0.488. The summed E-state index contributed by atoms with van der Waals surface area (Å²) in [5.74, 6) is -3.98. The monoisotopic (exact) mass is 282 g/mol. The molecular formula is C10H13F3N2O2S. The van der Waals surface area contributed by atoms with Gasteiger partial charge in [0.25, 0.3) is 0 Å². The highest BCUT2D eigenvalue weighted by molar-refractivity contribution is 7.92. The largest absolute Gasteiger partial charge is 0.330 e. The molecule has 0 amide bonds. The molecule has 0 radical (unpaired) electrons. The standard InChI is InChI=1S/C10H13F3N2O2S/c1-18(16,17)15-10-7(11)5-6(3-2-4-14)8(12)9(10)13/h5,15H,2-4,14H2,1H3. The van der Waals surface area contributed by atoms with Gasteiger partial charge in [0.15, 0.2) is 17.5 Å². The molecule has 0 aromatic heterocycles. The topological polar surface area (TPSA) is 72.2 Å². The van der Waals surface area contributed by atoms with Crippen molar-refractivity contribution in [2.24, 2.45) is 5.73 Å². The Morgan fingerprint density at radius 3 is 2.39 bits per heavy atom. The van der Waals surface area contributed by atoms with Gasteiger partial charge in [-0.05, 0) is 31.0 Å². The van der Waals surface area contributed by atoms with Crippen LogP contribution in [0.15, 0.2) is 6.07 Å². The molecule has 1 aromatic carbocycles. The lowest BCUT2D eigenvalue weighted by Crippen LogP contribution is -2.14. The maximum absolute atomic E-state index is 13.5. The third kappa shape index (κ3) is 3.61. The van der Waals surface area contributed by atoms with E-state index in [9.17, 15) is 21.6 Å². The molecule has 8 heteroatoms. The average Bonchev–Trinajstić information content (AvgIpc) is 2.26. The molecule has 0 bridgehead atoms. The first-order valence-corrected chi connectivity index (χ1v) is 6.99. The highest BCUT2D eigenvalue weighted by atomic mass is 32.2. The summed E-state index contributed by atoms with van der Waals surface area (Å²) in [6, 6.07) is 0.765. The van der Waals surface area contributed by atoms with Gasteiger partial charge in [-0.2, -0.15) is 0 Å². The fourth-order valence-corrected chi connectivity index (χ4v) is 1.96. The Kier molecular flexibility index (Phi) is 4.58. The van der Waals surface area contributed by atoms with E-state index < -0.39 is 33.2 Å². The van der Waals surface area contributed by atoms with E-state index in [-0.39, 0.29) is 18.5 Å². The number of hydrogen-bond donors (Lipinski definition) is 2. The highest BCUT2D eigenvalue weighted by Gasteiger charge is 2.20. The van der Waals surface area contributed by atoms with Gasteiger partial charge in [0, 0.05) is 0 Å². The van der Waals surface area contributed by atoms with E-state index in [1.54, 1.807) is 4.72 Å². The van der Waals surface area contributed by atoms with E-state index in [4.69, 9.17) is 5.73 Å². The quantitative estimate of drug-likeness (QED) is 0.801. The Balaban J connectivity index is 3.20. The maximum atomic E-state index is 13.5. The van der Waals surface area contributed by atoms with Gasteiger partial charge in [-0.3, -0.25) is 4.72 Å². The number of anilines is 1. The van der Waals surface area contributed by atoms with Gasteiger partial charge in [-0.1, -0.05) is 0 Å². The number of sulfonamides is 1. The Labute approximate surface area is 103 Å². The Morgan fingerprint density at radius 1 is 1.28 bits per heavy atom. The van der Waals surface area contributed by atoms with E-state index in [0.717, 1.165) is 6.07 Å². The predicted octanol–water partition coefficient (Wildman–Crippen LogP) is 1.37. The van der Waals surface area contributed by atoms with Crippen LogP contribution in [0.4, 0.5) is 18.9 Å². The Morgan fingerprint density at radius 2 is 1.89 bits per heavy atom. The summed E-state index contributed by atoms with van der Waals surface area (Å²) in [4.78, 5) is 0. The van der Waals surface area contributed by atoms with Crippen LogP contribution in [0.3, 0.4) is 0 Å². The molecule has 1 rings (SSSR count). The molecule has 0 atom stereocenters. The van der Waals surface area contributed by atoms with Gasteiger partial charge in [0.2, 0.25) is 10.0 Å². The summed E-state index contributed by atoms with van der Waals surface area (Å²) >= 11 is 0. The minimum absolute atomic E-state index is 0.0787. The Bertz CT molecular complexity index is 547. The summed E-state index contributed by atoms with van der Waals surface area (Å²) in [7, 11) is -3.89. The van der Waals surface area contributed by atoms with Gasteiger partial charge in [-0.15, -0.1) is 0 Å². The smallest absolute Gasteiger partial charge is 0.230 e. The van der Waals surface area contributed by atoms with Crippen LogP contribution in [-0.2, 0) is 16.4 Å². The van der Waals surface area contributed by atoms with Gasteiger partial charge in [-0.25, -0.2) is 21.6 Å². The molecule has 0 saturated carbocycles. The number of nitrogens with two attached hydrogens (primary N) is 1. The third-order valence-corrected chi connectivity index (χ3v) is 2.75. The van der Waals surface area contributed by atoms with Crippen LogP contribution in [0, 0.1) is 17.5 Å². The number of nitrogens with one attached hydrogen (secondary N) is 1. The molecular weight excluding hydrogens is 269 g/mol. The summed E-state index contributed by atoms with van der Waals surface area (Å²) in [5.41, 5.74) is 4.03. The number of hydrogen-bond acceptors (Lipinski definition) is 3. The van der Waals surface area contributed by atoms with Gasteiger partial charge >= 0.3 is 0 Å². The molecule has 0 aliphatic rings. The van der Waals surface area contributed by atoms with Crippen LogP contribution in [0.1, 0.15) is 12.0 Å². The van der Waals surface area contributed by atoms with E-state index in [1.807, 2.05) is 0 Å². The second-order valence-electron chi connectivity index (χ2n) is 3.79. The van der Waals surface area contributed by atoms with Crippen LogP contribution in [0.2, 0.25) is 0 Å². The molecule has 0 unspecified atom stereocenters. The van der Waals surface area contributed by atoms with Crippen LogP contribution in [-0.4, -0.2) is 21.2 Å². The summed E-state index contributed by atoms with van der Waals surface area (Å²) < 4.78 is 63.9. The van der Waals surface area contributed by atoms with Gasteiger partial charge in [0.05, 0.1) is 6.26 Å². The molecule has 4 nitrogen and oxygen atoms in total. The number of halogens is 3. The number of rotatable bonds is 5. The van der Waals surface area contributed by atoms with Crippen LogP contribution >= 0.6 is 0 Å². The van der Waals surface area contributed by atoms with Crippen LogP contribution in [0.5, 0.6) is 0 Å². The van der Waals surface area contributed by atoms with Gasteiger partial charge in [0.1, 0.15) is 5.69 Å². The fraction of sp³-hybridized carbons (Fsp3) is 0.400. The van der Waals surface area contributed by atoms with Crippen molar-refractivity contribution in [2.75, 3.05) is 17.5 Å². The van der Waals surface area contributed by atoms with E-state index >= 15 is 0 Å². The van der Waals surface area contributed by atoms with Gasteiger partial charge < -0.3 is 5.73 Å².